The Bertz CT molecular complexity index is 4870. The highest BCUT2D eigenvalue weighted by Crippen LogP contribution is 2.28. The van der Waals surface area contributed by atoms with E-state index in [-0.39, 0.29) is 101 Å². The molecule has 716 valence electrons. The van der Waals surface area contributed by atoms with Crippen LogP contribution in [0.5, 0.6) is 5.75 Å². The number of unbranched alkanes of at least 4 members (excludes halogenated alkanes) is 3. The zero-order chi connectivity index (χ0) is 96.2. The summed E-state index contributed by atoms with van der Waals surface area (Å²) in [7, 11) is 4.02. The number of aromatic amines is 2. The summed E-state index contributed by atoms with van der Waals surface area (Å²) >= 11 is 0.798. The van der Waals surface area contributed by atoms with Gasteiger partial charge in [0.1, 0.15) is 90.3 Å². The number of nitrogens with zero attached hydrogens (tertiary/aromatic N) is 5. The van der Waals surface area contributed by atoms with Crippen LogP contribution < -0.4 is 70.4 Å². The number of likely N-dealkylation sites (N-methyl/N-ethyl adjacent to an activating group) is 3. The van der Waals surface area contributed by atoms with Crippen LogP contribution in [0.1, 0.15) is 155 Å². The van der Waals surface area contributed by atoms with E-state index in [0.717, 1.165) is 26.5 Å². The lowest BCUT2D eigenvalue weighted by molar-refractivity contribution is -0.149. The number of carbonyl (C=O) groups is 17. The fourth-order valence-corrected chi connectivity index (χ4v) is 17.4. The van der Waals surface area contributed by atoms with Crippen molar-refractivity contribution in [2.45, 2.75) is 248 Å². The van der Waals surface area contributed by atoms with Gasteiger partial charge in [-0.3, -0.25) is 81.5 Å². The smallest absolute Gasteiger partial charge is 0.246 e. The molecule has 131 heavy (non-hydrogen) atoms. The van der Waals surface area contributed by atoms with Gasteiger partial charge in [-0.2, -0.15) is 0 Å². The van der Waals surface area contributed by atoms with Gasteiger partial charge in [0.05, 0.1) is 31.4 Å². The average molecular weight is 1840 g/mol. The van der Waals surface area contributed by atoms with Crippen molar-refractivity contribution in [2.24, 2.45) is 29.0 Å². The molecule has 0 aliphatic carbocycles. The molecule has 3 saturated heterocycles. The van der Waals surface area contributed by atoms with Gasteiger partial charge in [-0.05, 0) is 111 Å². The number of thioether (sulfide) groups is 1. The highest BCUT2D eigenvalue weighted by Gasteiger charge is 2.47. The van der Waals surface area contributed by atoms with Gasteiger partial charge in [-0.15, -0.1) is 11.8 Å². The van der Waals surface area contributed by atoms with Crippen molar-refractivity contribution in [3.05, 3.63) is 102 Å². The molecule has 40 nitrogen and oxygen atoms in total. The van der Waals surface area contributed by atoms with Crippen molar-refractivity contribution in [2.75, 3.05) is 65.4 Å². The molecule has 5 aromatic rings. The van der Waals surface area contributed by atoms with E-state index in [9.17, 15) is 63.3 Å². The topological polar surface area (TPSA) is 597 Å². The Hall–Kier alpha value is -12.2. The summed E-state index contributed by atoms with van der Waals surface area (Å²) in [4.78, 5) is 261. The summed E-state index contributed by atoms with van der Waals surface area (Å²) < 4.78 is 0. The molecule has 0 unspecified atom stereocenters. The Labute approximate surface area is 765 Å². The Morgan fingerprint density at radius 2 is 1.03 bits per heavy atom. The fourth-order valence-electron chi connectivity index (χ4n) is 16.5. The molecule has 41 heteroatoms. The molecule has 2 aromatic heterocycles. The summed E-state index contributed by atoms with van der Waals surface area (Å²) in [6.07, 6.45) is 2.42. The third-order valence-electron chi connectivity index (χ3n) is 23.8. The summed E-state index contributed by atoms with van der Waals surface area (Å²) in [6.45, 7) is 9.49. The van der Waals surface area contributed by atoms with E-state index in [1.54, 1.807) is 76.5 Å². The molecule has 3 aliphatic rings. The molecule has 21 N–H and O–H groups in total. The van der Waals surface area contributed by atoms with E-state index in [0.29, 0.717) is 70.6 Å². The van der Waals surface area contributed by atoms with Crippen LogP contribution in [0.3, 0.4) is 0 Å². The van der Waals surface area contributed by atoms with Crippen LogP contribution in [0, 0.1) is 11.8 Å². The summed E-state index contributed by atoms with van der Waals surface area (Å²) in [5.74, 6) is -17.4. The number of hydrogen-bond acceptors (Lipinski definition) is 22. The van der Waals surface area contributed by atoms with Gasteiger partial charge >= 0.3 is 0 Å². The minimum Gasteiger partial charge on any atom is -0.508 e. The van der Waals surface area contributed by atoms with Crippen molar-refractivity contribution in [1.29, 1.82) is 0 Å². The van der Waals surface area contributed by atoms with Gasteiger partial charge < -0.3 is 120 Å². The normalized spacial score (nSPS) is 25.3. The first kappa shape index (κ1) is 104. The highest BCUT2D eigenvalue weighted by molar-refractivity contribution is 8.00. The number of aromatic nitrogens is 2. The summed E-state index contributed by atoms with van der Waals surface area (Å²) in [6, 6.07) is -1.41. The van der Waals surface area contributed by atoms with E-state index in [2.05, 4.69) is 63.1 Å². The third-order valence-corrected chi connectivity index (χ3v) is 24.8. The van der Waals surface area contributed by atoms with Crippen LogP contribution in [0.25, 0.3) is 21.8 Å². The number of nitrogens with one attached hydrogen (secondary N) is 12. The van der Waals surface area contributed by atoms with E-state index in [1.807, 2.05) is 26.0 Å². The van der Waals surface area contributed by atoms with Crippen molar-refractivity contribution < 1.29 is 96.8 Å². The number of para-hydroxylation sites is 2. The molecule has 8 rings (SSSR count). The molecular weight excluding hydrogens is 1710 g/mol. The quantitative estimate of drug-likeness (QED) is 0.0300. The fraction of sp³-hybridized carbons (Fsp3) is 0.567. The molecule has 3 fully saturated rings. The summed E-state index contributed by atoms with van der Waals surface area (Å²) in [5, 5.41) is 60.3. The van der Waals surface area contributed by atoms with Crippen molar-refractivity contribution >= 4 is 134 Å². The minimum absolute atomic E-state index is 0.0417. The maximum atomic E-state index is 15.8. The predicted molar refractivity (Wildman–Crippen MR) is 486 cm³/mol. The Kier molecular flexibility index (Phi) is 39.5. The number of hydrogen-bond donors (Lipinski definition) is 18. The molecule has 0 bridgehead atoms. The number of fused-ring (bicyclic) bond motifs is 4. The lowest BCUT2D eigenvalue weighted by Crippen LogP contribution is -2.61. The van der Waals surface area contributed by atoms with Gasteiger partial charge in [0.15, 0.2) is 0 Å². The molecule has 17 amide bonds. The molecule has 0 radical (unpaired) electrons. The Balaban J connectivity index is 1.19. The molecular formula is C90H130N20O20S. The molecule has 15 atom stereocenters. The Morgan fingerprint density at radius 3 is 1.63 bits per heavy atom. The van der Waals surface area contributed by atoms with Crippen LogP contribution in [0.2, 0.25) is 0 Å². The number of primary amides is 2. The number of phenols is 1. The second-order valence-electron chi connectivity index (χ2n) is 34.8. The average Bonchev–Trinajstić information content (AvgIpc) is 1.59. The maximum absolute atomic E-state index is 15.8. The number of aliphatic hydroxyl groups excluding tert-OH is 2. The number of aliphatic hydroxyl groups is 2. The summed E-state index contributed by atoms with van der Waals surface area (Å²) in [5.41, 5.74) is 20.2. The van der Waals surface area contributed by atoms with Gasteiger partial charge in [-0.1, -0.05) is 122 Å². The van der Waals surface area contributed by atoms with Gasteiger partial charge in [0.25, 0.3) is 0 Å². The second kappa shape index (κ2) is 49.7. The highest BCUT2D eigenvalue weighted by atomic mass is 32.2. The van der Waals surface area contributed by atoms with Crippen LogP contribution in [0.15, 0.2) is 85.2 Å². The van der Waals surface area contributed by atoms with Crippen molar-refractivity contribution in [3.63, 3.8) is 0 Å². The second-order valence-corrected chi connectivity index (χ2v) is 35.8. The molecule has 0 saturated carbocycles. The predicted octanol–water partition coefficient (Wildman–Crippen LogP) is -1.37. The van der Waals surface area contributed by atoms with E-state index in [1.165, 1.54) is 62.1 Å². The number of H-pyrrole nitrogens is 2. The van der Waals surface area contributed by atoms with Crippen LogP contribution in [0.4, 0.5) is 0 Å². The number of phenolic OH excluding ortho intramolecular Hbond substituents is 1. The number of benzene rings is 3. The van der Waals surface area contributed by atoms with Gasteiger partial charge in [0.2, 0.25) is 100 Å². The van der Waals surface area contributed by atoms with Crippen molar-refractivity contribution in [1.82, 2.24) is 87.6 Å². The van der Waals surface area contributed by atoms with Gasteiger partial charge in [0, 0.05) is 99.9 Å². The number of carbonyl (C=O) groups excluding carboxylic acids is 17. The maximum Gasteiger partial charge on any atom is 0.246 e. The van der Waals surface area contributed by atoms with E-state index in [4.69, 9.17) is 17.2 Å². The zero-order valence-corrected chi connectivity index (χ0v) is 76.8. The number of nitrogens with two attached hydrogens (primary N) is 3. The van der Waals surface area contributed by atoms with Crippen LogP contribution in [-0.2, 0) is 101 Å². The number of aromatic hydroxyl groups is 1. The van der Waals surface area contributed by atoms with E-state index >= 15 is 33.6 Å². The molecule has 3 aliphatic heterocycles. The first-order valence-electron chi connectivity index (χ1n) is 44.7. The SMILES string of the molecule is CCCCC[C@H]1C(=O)N[C@@H](CC(C)C)C(=O)N[C@H](C(=O)NCC(N)=O)CSCC(=O)N[C@@H](Cc2ccc(O)cc2)C(=O)N(C)[C@@H](C)C(=O)N[C@@H](CC(N)=O)C(=O)N2CCC[C@H]2C(=O)N[C@@H](CO)C(=O)N[C@@H](CC(C)C)C(=O)N2C[C@H](O)C[C@H]2C(=O)N[C@@H](Cc2c[nH]c3ccccc23)C(=O)N[C@@H](CCN)C(=O)N[C@@H](Cc2c[nH]c3ccccc23)C(=O)N(C)[C@@H](CCCC)C(=O)N1C. The largest absolute Gasteiger partial charge is 0.508 e. The number of rotatable bonds is 25. The van der Waals surface area contributed by atoms with Gasteiger partial charge in [-0.25, -0.2) is 0 Å². The number of amides is 17. The minimum atomic E-state index is -1.82. The third kappa shape index (κ3) is 29.1. The van der Waals surface area contributed by atoms with Crippen LogP contribution >= 0.6 is 11.8 Å². The zero-order valence-electron chi connectivity index (χ0n) is 76.0. The Morgan fingerprint density at radius 1 is 0.519 bits per heavy atom. The van der Waals surface area contributed by atoms with E-state index < -0.39 is 229 Å². The first-order valence-corrected chi connectivity index (χ1v) is 45.9. The molecule has 5 heterocycles. The molecule has 3 aromatic carbocycles. The van der Waals surface area contributed by atoms with Crippen molar-refractivity contribution in [3.8, 4) is 5.75 Å². The standard InChI is InChI=1S/C90H130N20O20S/c1-11-13-15-26-70-83(123)99-62(35-49(3)4)80(120)105-69(78(118)96-44-75(93)115)47-131-48-76(116)97-65(37-52-28-30-55(112)31-29-52)86(126)106(8)51(7)77(117)101-67(41-74(92)114)88(128)109-34-20-27-71(109)84(124)104-68(46-111)82(122)102-64(36-50(5)6)89(129)110-45-56(113)40-73(110)85(125)100-63(38-53-42-94-59-23-18-16-21-57(53)59)81(121)98-61(32-33-91)79(119)103-66(39-54-43-95-60-24-19-17-22-58(54)60)87(127)108(10)72(25-14-12-2)90(130)107(70)9/h16-19,21-24,28-31,42-43,49-51,56,61-73,94-95,111-113H,11-15,20,25-27,32-41,44-48,91H2,1-10H3,(H2,92,114)(H2,93,115)(H,96,118)(H,97,116)(H,98,121)(H,99,123)(H,100,125)(H,101,117)(H,102,122)(H,103,119)(H,104,124)(H,105,120)/t51-,56+,61-,62-,63-,64-,65-,66-,67-,68-,69-,70-,71-,72-,73-/m0/s1. The lowest BCUT2D eigenvalue weighted by atomic mass is 9.99. The lowest BCUT2D eigenvalue weighted by Gasteiger charge is -2.36. The monoisotopic (exact) mass is 1840 g/mol. The first-order chi connectivity index (χ1) is 62.3. The van der Waals surface area contributed by atoms with Crippen LogP contribution in [-0.4, -0.2) is 306 Å². The molecule has 0 spiro atoms.